The van der Waals surface area contributed by atoms with Crippen LogP contribution in [0.25, 0.3) is 0 Å². The second-order valence-electron chi connectivity index (χ2n) is 6.95. The highest BCUT2D eigenvalue weighted by atomic mass is 16.4. The van der Waals surface area contributed by atoms with Crippen LogP contribution in [-0.4, -0.2) is 71.9 Å². The molecule has 2 fully saturated rings. The van der Waals surface area contributed by atoms with Gasteiger partial charge in [0.25, 0.3) is 0 Å². The molecular formula is C15H28N2O3. The first-order valence-corrected chi connectivity index (χ1v) is 7.70. The van der Waals surface area contributed by atoms with E-state index in [0.29, 0.717) is 38.1 Å². The number of carboxylic acids is 1. The summed E-state index contributed by atoms with van der Waals surface area (Å²) in [7, 11) is 4.22. The van der Waals surface area contributed by atoms with E-state index >= 15 is 0 Å². The van der Waals surface area contributed by atoms with Crippen molar-refractivity contribution in [1.29, 1.82) is 0 Å². The van der Waals surface area contributed by atoms with Gasteiger partial charge >= 0.3 is 5.97 Å². The Morgan fingerprint density at radius 2 is 2.00 bits per heavy atom. The summed E-state index contributed by atoms with van der Waals surface area (Å²) in [6, 6.07) is 0. The lowest BCUT2D eigenvalue weighted by atomic mass is 9.78. The van der Waals surface area contributed by atoms with Gasteiger partial charge in [-0.1, -0.05) is 0 Å². The number of likely N-dealkylation sites (N-methyl/N-ethyl adjacent to an activating group) is 1. The first kappa shape index (κ1) is 15.7. The monoisotopic (exact) mass is 284 g/mol. The minimum Gasteiger partial charge on any atom is -0.481 e. The van der Waals surface area contributed by atoms with E-state index in [1.165, 1.54) is 13.0 Å². The minimum absolute atomic E-state index is 0.260. The first-order chi connectivity index (χ1) is 9.38. The molecule has 0 aromatic rings. The molecule has 1 aliphatic carbocycles. The molecule has 2 N–H and O–H groups in total. The summed E-state index contributed by atoms with van der Waals surface area (Å²) in [6.45, 7) is 4.00. The molecule has 1 unspecified atom stereocenters. The van der Waals surface area contributed by atoms with E-state index in [0.717, 1.165) is 13.1 Å². The van der Waals surface area contributed by atoms with Crippen molar-refractivity contribution in [3.8, 4) is 0 Å². The molecule has 1 saturated carbocycles. The molecule has 1 saturated heterocycles. The van der Waals surface area contributed by atoms with Crippen LogP contribution in [0.1, 0.15) is 32.1 Å². The molecule has 0 amide bonds. The van der Waals surface area contributed by atoms with E-state index in [2.05, 4.69) is 23.9 Å². The van der Waals surface area contributed by atoms with Crippen molar-refractivity contribution >= 4 is 5.97 Å². The average Bonchev–Trinajstić information content (AvgIpc) is 2.74. The standard InChI is InChI=1S/C15H28N2O3/c1-16-8-5-12(9-16)10-17(2)11-15(20)6-3-13(4-7-15)14(18)19/h12-13,20H,3-11H2,1-2H3,(H,18,19). The van der Waals surface area contributed by atoms with E-state index < -0.39 is 11.6 Å². The van der Waals surface area contributed by atoms with Gasteiger partial charge in [-0.2, -0.15) is 0 Å². The van der Waals surface area contributed by atoms with Crippen molar-refractivity contribution in [2.24, 2.45) is 11.8 Å². The highest BCUT2D eigenvalue weighted by molar-refractivity contribution is 5.70. The Kier molecular flexibility index (Phi) is 5.04. The third kappa shape index (κ3) is 4.17. The molecule has 0 aromatic heterocycles. The fraction of sp³-hybridized carbons (Fsp3) is 0.933. The Hall–Kier alpha value is -0.650. The summed E-state index contributed by atoms with van der Waals surface area (Å²) in [4.78, 5) is 15.5. The SMILES string of the molecule is CN1CCC(CN(C)CC2(O)CCC(C(=O)O)CC2)C1. The van der Waals surface area contributed by atoms with Crippen LogP contribution in [-0.2, 0) is 4.79 Å². The van der Waals surface area contributed by atoms with Gasteiger partial charge in [0.05, 0.1) is 11.5 Å². The molecule has 1 aliphatic heterocycles. The number of likely N-dealkylation sites (tertiary alicyclic amines) is 1. The summed E-state index contributed by atoms with van der Waals surface area (Å²) in [5.74, 6) is -0.276. The van der Waals surface area contributed by atoms with E-state index in [9.17, 15) is 9.90 Å². The number of rotatable bonds is 5. The lowest BCUT2D eigenvalue weighted by Gasteiger charge is -2.38. The van der Waals surface area contributed by atoms with Crippen LogP contribution in [0.2, 0.25) is 0 Å². The van der Waals surface area contributed by atoms with Gasteiger partial charge < -0.3 is 20.0 Å². The molecule has 2 rings (SSSR count). The smallest absolute Gasteiger partial charge is 0.306 e. The summed E-state index contributed by atoms with van der Waals surface area (Å²) in [6.07, 6.45) is 3.66. The molecule has 0 bridgehead atoms. The van der Waals surface area contributed by atoms with Gasteiger partial charge in [-0.3, -0.25) is 4.79 Å². The third-order valence-corrected chi connectivity index (χ3v) is 4.89. The molecule has 5 nitrogen and oxygen atoms in total. The van der Waals surface area contributed by atoms with Gasteiger partial charge in [0, 0.05) is 19.6 Å². The highest BCUT2D eigenvalue weighted by Gasteiger charge is 2.36. The predicted octanol–water partition coefficient (Wildman–Crippen LogP) is 0.876. The number of nitrogens with zero attached hydrogens (tertiary/aromatic N) is 2. The zero-order valence-corrected chi connectivity index (χ0v) is 12.7. The summed E-state index contributed by atoms with van der Waals surface area (Å²) in [5, 5.41) is 19.6. The Balaban J connectivity index is 1.76. The Morgan fingerprint density at radius 3 is 2.50 bits per heavy atom. The molecular weight excluding hydrogens is 256 g/mol. The van der Waals surface area contributed by atoms with Crippen LogP contribution in [0.4, 0.5) is 0 Å². The van der Waals surface area contributed by atoms with Crippen LogP contribution in [0.5, 0.6) is 0 Å². The van der Waals surface area contributed by atoms with Gasteiger partial charge in [-0.15, -0.1) is 0 Å². The molecule has 5 heteroatoms. The summed E-state index contributed by atoms with van der Waals surface area (Å²) >= 11 is 0. The fourth-order valence-corrected chi connectivity index (χ4v) is 3.74. The van der Waals surface area contributed by atoms with Crippen LogP contribution in [0.3, 0.4) is 0 Å². The summed E-state index contributed by atoms with van der Waals surface area (Å²) in [5.41, 5.74) is -0.689. The van der Waals surface area contributed by atoms with Crippen LogP contribution in [0.15, 0.2) is 0 Å². The number of aliphatic carboxylic acids is 1. The topological polar surface area (TPSA) is 64.0 Å². The molecule has 0 aromatic carbocycles. The molecule has 1 heterocycles. The van der Waals surface area contributed by atoms with E-state index in [1.807, 2.05) is 0 Å². The number of hydrogen-bond acceptors (Lipinski definition) is 4. The quantitative estimate of drug-likeness (QED) is 0.784. The first-order valence-electron chi connectivity index (χ1n) is 7.70. The Morgan fingerprint density at radius 1 is 1.35 bits per heavy atom. The van der Waals surface area contributed by atoms with Crippen molar-refractivity contribution < 1.29 is 15.0 Å². The number of carboxylic acid groups (broad SMARTS) is 1. The maximum atomic E-state index is 11.0. The fourth-order valence-electron chi connectivity index (χ4n) is 3.74. The van der Waals surface area contributed by atoms with Crippen molar-refractivity contribution in [3.63, 3.8) is 0 Å². The van der Waals surface area contributed by atoms with Crippen molar-refractivity contribution in [1.82, 2.24) is 9.80 Å². The average molecular weight is 284 g/mol. The molecule has 116 valence electrons. The van der Waals surface area contributed by atoms with Gasteiger partial charge in [0.2, 0.25) is 0 Å². The maximum Gasteiger partial charge on any atom is 0.306 e. The molecule has 1 atom stereocenters. The van der Waals surface area contributed by atoms with Gasteiger partial charge in [-0.25, -0.2) is 0 Å². The Labute approximate surface area is 121 Å². The van der Waals surface area contributed by atoms with Crippen LogP contribution in [0, 0.1) is 11.8 Å². The largest absolute Gasteiger partial charge is 0.481 e. The van der Waals surface area contributed by atoms with Gasteiger partial charge in [-0.05, 0) is 58.7 Å². The zero-order valence-electron chi connectivity index (χ0n) is 12.7. The van der Waals surface area contributed by atoms with Crippen LogP contribution < -0.4 is 0 Å². The second-order valence-corrected chi connectivity index (χ2v) is 6.95. The third-order valence-electron chi connectivity index (χ3n) is 4.89. The predicted molar refractivity (Wildman–Crippen MR) is 77.6 cm³/mol. The number of carbonyl (C=O) groups is 1. The maximum absolute atomic E-state index is 11.0. The molecule has 0 spiro atoms. The van der Waals surface area contributed by atoms with Gasteiger partial charge in [0.1, 0.15) is 0 Å². The lowest BCUT2D eigenvalue weighted by Crippen LogP contribution is -2.46. The minimum atomic E-state index is -0.714. The zero-order chi connectivity index (χ0) is 14.8. The van der Waals surface area contributed by atoms with Gasteiger partial charge in [0.15, 0.2) is 0 Å². The van der Waals surface area contributed by atoms with Crippen LogP contribution >= 0.6 is 0 Å². The normalized spacial score (nSPS) is 35.6. The van der Waals surface area contributed by atoms with Crippen molar-refractivity contribution in [2.45, 2.75) is 37.7 Å². The van der Waals surface area contributed by atoms with E-state index in [4.69, 9.17) is 5.11 Å². The number of hydrogen-bond donors (Lipinski definition) is 2. The van der Waals surface area contributed by atoms with E-state index in [-0.39, 0.29) is 5.92 Å². The second kappa shape index (κ2) is 6.41. The van der Waals surface area contributed by atoms with Crippen molar-refractivity contribution in [2.75, 3.05) is 40.3 Å². The number of aliphatic hydroxyl groups is 1. The molecule has 2 aliphatic rings. The van der Waals surface area contributed by atoms with E-state index in [1.54, 1.807) is 0 Å². The Bertz CT molecular complexity index is 340. The summed E-state index contributed by atoms with van der Waals surface area (Å²) < 4.78 is 0. The lowest BCUT2D eigenvalue weighted by molar-refractivity contribution is -0.145. The molecule has 0 radical (unpaired) electrons. The van der Waals surface area contributed by atoms with Crippen molar-refractivity contribution in [3.05, 3.63) is 0 Å². The highest BCUT2D eigenvalue weighted by Crippen LogP contribution is 2.33. The molecule has 20 heavy (non-hydrogen) atoms.